The molecule has 1 heteroatoms. The van der Waals surface area contributed by atoms with E-state index in [1.54, 1.807) is 0 Å². The van der Waals surface area contributed by atoms with E-state index in [4.69, 9.17) is 0 Å². The summed E-state index contributed by atoms with van der Waals surface area (Å²) in [4.78, 5) is 0. The molecule has 79 valence electrons. The van der Waals surface area contributed by atoms with Crippen molar-refractivity contribution < 1.29 is 5.11 Å². The van der Waals surface area contributed by atoms with Crippen molar-refractivity contribution in [2.75, 3.05) is 0 Å². The molecular weight excluding hydrogens is 160 g/mol. The van der Waals surface area contributed by atoms with E-state index < -0.39 is 0 Å². The predicted octanol–water partition coefficient (Wildman–Crippen LogP) is 4.34. The molecule has 13 heavy (non-hydrogen) atoms. The van der Waals surface area contributed by atoms with Crippen LogP contribution < -0.4 is 0 Å². The highest BCUT2D eigenvalue weighted by Crippen LogP contribution is 2.11. The molecule has 0 aromatic rings. The Balaban J connectivity index is 3.05. The van der Waals surface area contributed by atoms with Crippen molar-refractivity contribution in [1.82, 2.24) is 0 Å². The third-order valence-electron chi connectivity index (χ3n) is 2.51. The zero-order chi connectivity index (χ0) is 9.94. The standard InChI is InChI=1S/C12H25O/c1-3-5-7-9-11-12(13)10-8-6-4-2/h12H,3-11H2,1-2H3. The highest BCUT2D eigenvalue weighted by atomic mass is 16.3. The highest BCUT2D eigenvalue weighted by molar-refractivity contribution is 4.55. The van der Waals surface area contributed by atoms with Crippen molar-refractivity contribution in [2.45, 2.75) is 77.7 Å². The van der Waals surface area contributed by atoms with Crippen LogP contribution in [-0.4, -0.2) is 6.10 Å². The summed E-state index contributed by atoms with van der Waals surface area (Å²) in [6, 6.07) is 0. The molecule has 0 saturated carbocycles. The van der Waals surface area contributed by atoms with Crippen LogP contribution in [0.4, 0.5) is 0 Å². The third-order valence-corrected chi connectivity index (χ3v) is 2.51. The first kappa shape index (κ1) is 13.0. The molecule has 0 fully saturated rings. The lowest BCUT2D eigenvalue weighted by molar-refractivity contribution is 0.0690. The fraction of sp³-hybridized carbons (Fsp3) is 1.00. The summed E-state index contributed by atoms with van der Waals surface area (Å²) in [5, 5.41) is 11.4. The normalized spacial score (nSPS) is 13.2. The maximum absolute atomic E-state index is 11.4. The van der Waals surface area contributed by atoms with Gasteiger partial charge in [-0.2, -0.15) is 0 Å². The van der Waals surface area contributed by atoms with E-state index >= 15 is 0 Å². The van der Waals surface area contributed by atoms with E-state index in [0.717, 1.165) is 25.7 Å². The lowest BCUT2D eigenvalue weighted by Crippen LogP contribution is -2.03. The van der Waals surface area contributed by atoms with Crippen LogP contribution in [-0.2, 0) is 5.11 Å². The van der Waals surface area contributed by atoms with Gasteiger partial charge in [-0.3, -0.25) is 0 Å². The molecule has 1 radical (unpaired) electrons. The Bertz CT molecular complexity index is 91.1. The second-order valence-corrected chi connectivity index (χ2v) is 3.97. The van der Waals surface area contributed by atoms with Gasteiger partial charge in [0.25, 0.3) is 0 Å². The lowest BCUT2D eigenvalue weighted by Gasteiger charge is -2.06. The average Bonchev–Trinajstić information content (AvgIpc) is 2.13. The largest absolute Gasteiger partial charge is 0.233 e. The number of unbranched alkanes of at least 4 members (excludes halogenated alkanes) is 5. The van der Waals surface area contributed by atoms with Crippen LogP contribution in [0.5, 0.6) is 0 Å². The molecule has 0 bridgehead atoms. The number of rotatable bonds is 9. The fourth-order valence-electron chi connectivity index (χ4n) is 1.57. The minimum absolute atomic E-state index is 0.275. The van der Waals surface area contributed by atoms with E-state index in [2.05, 4.69) is 13.8 Å². The Labute approximate surface area is 83.5 Å². The monoisotopic (exact) mass is 185 g/mol. The number of hydrogen-bond acceptors (Lipinski definition) is 0. The van der Waals surface area contributed by atoms with E-state index in [0.29, 0.717) is 0 Å². The van der Waals surface area contributed by atoms with Crippen LogP contribution in [0.1, 0.15) is 71.6 Å². The van der Waals surface area contributed by atoms with E-state index in [-0.39, 0.29) is 6.10 Å². The first-order chi connectivity index (χ1) is 6.31. The predicted molar refractivity (Wildman–Crippen MR) is 57.4 cm³/mol. The molecule has 1 atom stereocenters. The number of hydrogen-bond donors (Lipinski definition) is 0. The minimum atomic E-state index is -0.275. The first-order valence-electron chi connectivity index (χ1n) is 5.97. The van der Waals surface area contributed by atoms with Crippen LogP contribution in [0.3, 0.4) is 0 Å². The van der Waals surface area contributed by atoms with Crippen molar-refractivity contribution in [3.05, 3.63) is 0 Å². The van der Waals surface area contributed by atoms with Crippen molar-refractivity contribution in [2.24, 2.45) is 0 Å². The van der Waals surface area contributed by atoms with Crippen molar-refractivity contribution in [3.8, 4) is 0 Å². The zero-order valence-electron chi connectivity index (χ0n) is 9.35. The molecule has 0 aliphatic carbocycles. The third kappa shape index (κ3) is 9.88. The van der Waals surface area contributed by atoms with Gasteiger partial charge in [0.1, 0.15) is 0 Å². The maximum Gasteiger partial charge on any atom is 0.0930 e. The van der Waals surface area contributed by atoms with E-state index in [1.165, 1.54) is 32.1 Å². The van der Waals surface area contributed by atoms with Crippen LogP contribution in [0, 0.1) is 0 Å². The molecule has 0 aromatic carbocycles. The quantitative estimate of drug-likeness (QED) is 0.476. The summed E-state index contributed by atoms with van der Waals surface area (Å²) in [6.07, 6.45) is 10.1. The van der Waals surface area contributed by atoms with Crippen LogP contribution >= 0.6 is 0 Å². The van der Waals surface area contributed by atoms with Gasteiger partial charge in [0.15, 0.2) is 0 Å². The fourth-order valence-corrected chi connectivity index (χ4v) is 1.57. The summed E-state index contributed by atoms with van der Waals surface area (Å²) in [5.41, 5.74) is 0. The molecule has 0 rings (SSSR count). The molecule has 0 saturated heterocycles. The summed E-state index contributed by atoms with van der Waals surface area (Å²) >= 11 is 0. The van der Waals surface area contributed by atoms with Gasteiger partial charge < -0.3 is 0 Å². The molecule has 0 aliphatic rings. The summed E-state index contributed by atoms with van der Waals surface area (Å²) < 4.78 is 0. The summed E-state index contributed by atoms with van der Waals surface area (Å²) in [5.74, 6) is 0. The molecule has 1 nitrogen and oxygen atoms in total. The van der Waals surface area contributed by atoms with Crippen LogP contribution in [0.15, 0.2) is 0 Å². The van der Waals surface area contributed by atoms with Crippen LogP contribution in [0.2, 0.25) is 0 Å². The Morgan fingerprint density at radius 3 is 1.77 bits per heavy atom. The maximum atomic E-state index is 11.4. The Kier molecular flexibility index (Phi) is 10.0. The van der Waals surface area contributed by atoms with Gasteiger partial charge in [0, 0.05) is 0 Å². The van der Waals surface area contributed by atoms with Gasteiger partial charge in [0.2, 0.25) is 0 Å². The van der Waals surface area contributed by atoms with Gasteiger partial charge in [-0.15, -0.1) is 0 Å². The van der Waals surface area contributed by atoms with Gasteiger partial charge in [0.05, 0.1) is 6.10 Å². The molecule has 0 amide bonds. The van der Waals surface area contributed by atoms with E-state index in [9.17, 15) is 5.11 Å². The summed E-state index contributed by atoms with van der Waals surface area (Å²) in [6.45, 7) is 4.39. The van der Waals surface area contributed by atoms with Gasteiger partial charge in [-0.25, -0.2) is 5.11 Å². The topological polar surface area (TPSA) is 19.9 Å². The SMILES string of the molecule is CCCCCCC([O])CCCCC. The first-order valence-corrected chi connectivity index (χ1v) is 5.97. The molecule has 0 heterocycles. The Morgan fingerprint density at radius 1 is 0.769 bits per heavy atom. The summed E-state index contributed by atoms with van der Waals surface area (Å²) in [7, 11) is 0. The second-order valence-electron chi connectivity index (χ2n) is 3.97. The van der Waals surface area contributed by atoms with Crippen molar-refractivity contribution in [3.63, 3.8) is 0 Å². The average molecular weight is 185 g/mol. The highest BCUT2D eigenvalue weighted by Gasteiger charge is 2.04. The van der Waals surface area contributed by atoms with Gasteiger partial charge in [-0.05, 0) is 12.8 Å². The molecule has 1 unspecified atom stereocenters. The van der Waals surface area contributed by atoms with E-state index in [1.807, 2.05) is 0 Å². The zero-order valence-corrected chi connectivity index (χ0v) is 9.35. The molecule has 0 aromatic heterocycles. The van der Waals surface area contributed by atoms with Gasteiger partial charge >= 0.3 is 0 Å². The second kappa shape index (κ2) is 10.0. The smallest absolute Gasteiger partial charge is 0.0930 e. The molecule has 0 N–H and O–H groups in total. The lowest BCUT2D eigenvalue weighted by atomic mass is 10.0. The van der Waals surface area contributed by atoms with Crippen molar-refractivity contribution >= 4 is 0 Å². The molecular formula is C12H25O. The van der Waals surface area contributed by atoms with Gasteiger partial charge in [-0.1, -0.05) is 58.8 Å². The Morgan fingerprint density at radius 2 is 1.23 bits per heavy atom. The van der Waals surface area contributed by atoms with Crippen molar-refractivity contribution in [1.29, 1.82) is 0 Å². The molecule has 0 spiro atoms. The molecule has 0 aliphatic heterocycles. The van der Waals surface area contributed by atoms with Crippen LogP contribution in [0.25, 0.3) is 0 Å². The Hall–Kier alpha value is -0.0400. The minimum Gasteiger partial charge on any atom is -0.233 e.